The second-order valence-corrected chi connectivity index (χ2v) is 15.5. The fourth-order valence-electron chi connectivity index (χ4n) is 9.84. The van der Waals surface area contributed by atoms with Gasteiger partial charge in [0.1, 0.15) is 24.6 Å². The molecular weight excluding hydrogens is 633 g/mol. The van der Waals surface area contributed by atoms with E-state index in [4.69, 9.17) is 9.47 Å². The van der Waals surface area contributed by atoms with Crippen molar-refractivity contribution in [3.05, 3.63) is 73.8 Å². The summed E-state index contributed by atoms with van der Waals surface area (Å²) in [6.45, 7) is 13.2. The number of ether oxygens (including phenoxy) is 2. The third-order valence-corrected chi connectivity index (χ3v) is 12.0. The lowest BCUT2D eigenvalue weighted by Crippen LogP contribution is -2.45. The number of carbonyl (C=O) groups is 1. The van der Waals surface area contributed by atoms with Crippen LogP contribution in [0, 0.1) is 0 Å². The Hall–Kier alpha value is -4.00. The van der Waals surface area contributed by atoms with Crippen LogP contribution >= 0.6 is 0 Å². The van der Waals surface area contributed by atoms with Crippen LogP contribution in [0.15, 0.2) is 24.3 Å². The van der Waals surface area contributed by atoms with Crippen LogP contribution in [0.3, 0.4) is 0 Å². The zero-order valence-electron chi connectivity index (χ0n) is 31.8. The first-order valence-electron chi connectivity index (χ1n) is 20.1. The molecule has 51 heavy (non-hydrogen) atoms. The van der Waals surface area contributed by atoms with Crippen molar-refractivity contribution < 1.29 is 14.3 Å². The average Bonchev–Trinajstić information content (AvgIpc) is 3.13. The minimum atomic E-state index is -0.106. The Morgan fingerprint density at radius 1 is 0.863 bits per heavy atom. The van der Waals surface area contributed by atoms with Gasteiger partial charge in [-0.2, -0.15) is 0 Å². The van der Waals surface area contributed by atoms with Crippen LogP contribution in [0.4, 0.5) is 17.1 Å². The van der Waals surface area contributed by atoms with Crippen molar-refractivity contribution in [2.75, 3.05) is 74.7 Å². The Morgan fingerprint density at radius 3 is 2.39 bits per heavy atom. The first-order valence-corrected chi connectivity index (χ1v) is 20.1. The molecule has 0 unspecified atom stereocenters. The number of rotatable bonds is 11. The summed E-state index contributed by atoms with van der Waals surface area (Å²) < 4.78 is 15.3. The van der Waals surface area contributed by atoms with E-state index in [9.17, 15) is 4.79 Å². The van der Waals surface area contributed by atoms with Gasteiger partial charge < -0.3 is 24.2 Å². The van der Waals surface area contributed by atoms with Gasteiger partial charge in [-0.05, 0) is 106 Å². The molecule has 0 spiro atoms. The van der Waals surface area contributed by atoms with Crippen LogP contribution in [-0.2, 0) is 41.6 Å². The molecule has 0 aromatic heterocycles. The second-order valence-electron chi connectivity index (χ2n) is 15.5. The van der Waals surface area contributed by atoms with Gasteiger partial charge in [0, 0.05) is 92.7 Å². The largest absolute Gasteiger partial charge is 0.466 e. The van der Waals surface area contributed by atoms with E-state index in [2.05, 4.69) is 71.5 Å². The molecule has 8 rings (SSSR count). The standard InChI is InChI=1S/C44H57N4O3/c1-6-14-29-27-38(46(7-2)20-13-19-39(49)50-8-3)37(45(4)5)28-34(29)40-35-25-30-15-9-21-47-23-11-17-32(41(30)47)43(35)51-44-33-18-12-24-48-22-10-16-31(42(33)48)26-36(40)44/h25-28H,6-24H2,1-5H3/q+1. The van der Waals surface area contributed by atoms with Crippen molar-refractivity contribution >= 4 is 28.6 Å². The second kappa shape index (κ2) is 14.2. The number of nitrogens with zero attached hydrogens (tertiary/aromatic N) is 4. The Morgan fingerprint density at radius 2 is 1.63 bits per heavy atom. The summed E-state index contributed by atoms with van der Waals surface area (Å²) in [5, 5.41) is 2.77. The quantitative estimate of drug-likeness (QED) is 0.136. The molecule has 270 valence electrons. The van der Waals surface area contributed by atoms with Gasteiger partial charge in [-0.15, -0.1) is 0 Å². The van der Waals surface area contributed by atoms with Gasteiger partial charge in [-0.1, -0.05) is 13.3 Å². The number of benzene rings is 3. The van der Waals surface area contributed by atoms with E-state index in [1.807, 2.05) is 6.92 Å². The molecule has 0 aliphatic carbocycles. The van der Waals surface area contributed by atoms with Crippen LogP contribution in [-0.4, -0.2) is 65.9 Å². The van der Waals surface area contributed by atoms with Crippen LogP contribution in [0.25, 0.3) is 5.57 Å². The predicted octanol–water partition coefficient (Wildman–Crippen LogP) is 6.31. The summed E-state index contributed by atoms with van der Waals surface area (Å²) in [4.78, 5) is 19.6. The van der Waals surface area contributed by atoms with E-state index in [-0.39, 0.29) is 5.97 Å². The number of aryl methyl sites for hydroxylation is 3. The van der Waals surface area contributed by atoms with E-state index < -0.39 is 0 Å². The Labute approximate surface area is 304 Å². The molecule has 0 atom stereocenters. The van der Waals surface area contributed by atoms with Crippen LogP contribution in [0.5, 0.6) is 11.5 Å². The molecule has 5 aliphatic rings. The van der Waals surface area contributed by atoms with Crippen LogP contribution in [0.1, 0.15) is 105 Å². The van der Waals surface area contributed by atoms with E-state index >= 15 is 0 Å². The summed E-state index contributed by atoms with van der Waals surface area (Å²) >= 11 is 0. The molecule has 3 aromatic rings. The zero-order valence-corrected chi connectivity index (χ0v) is 31.8. The van der Waals surface area contributed by atoms with Crippen molar-refractivity contribution in [2.24, 2.45) is 0 Å². The van der Waals surface area contributed by atoms with E-state index in [1.54, 1.807) is 0 Å². The molecule has 7 heteroatoms. The monoisotopic (exact) mass is 689 g/mol. The molecular formula is C44H57N4O3+. The van der Waals surface area contributed by atoms with E-state index in [0.29, 0.717) is 13.0 Å². The van der Waals surface area contributed by atoms with Crippen molar-refractivity contribution in [2.45, 2.75) is 97.8 Å². The van der Waals surface area contributed by atoms with Gasteiger partial charge in [0.25, 0.3) is 0 Å². The molecule has 3 aromatic carbocycles. The molecule has 0 N–H and O–H groups in total. The molecule has 0 saturated heterocycles. The lowest BCUT2D eigenvalue weighted by Gasteiger charge is -2.39. The van der Waals surface area contributed by atoms with Gasteiger partial charge in [0.2, 0.25) is 5.36 Å². The Balaban J connectivity index is 1.39. The highest BCUT2D eigenvalue weighted by molar-refractivity contribution is 5.92. The molecule has 0 bridgehead atoms. The molecule has 7 nitrogen and oxygen atoms in total. The predicted molar refractivity (Wildman–Crippen MR) is 209 cm³/mol. The number of hydrogen-bond acceptors (Lipinski definition) is 6. The van der Waals surface area contributed by atoms with Crippen molar-refractivity contribution in [3.8, 4) is 11.5 Å². The smallest absolute Gasteiger partial charge is 0.305 e. The van der Waals surface area contributed by atoms with Gasteiger partial charge in [-0.3, -0.25) is 4.79 Å². The SMILES string of the molecule is CCCc1cc(N(CC)CCCC(=O)OCC)c(N(C)C)cc1C1=c2cc3c4c(c2Oc2c1cc1c5c2CCCN5CCC1)CCC[N+]=4CCC3. The van der Waals surface area contributed by atoms with Crippen LogP contribution < -0.4 is 34.6 Å². The molecule has 0 saturated carbocycles. The highest BCUT2D eigenvalue weighted by Gasteiger charge is 2.36. The summed E-state index contributed by atoms with van der Waals surface area (Å²) in [6, 6.07) is 10.1. The van der Waals surface area contributed by atoms with Crippen LogP contribution in [0.2, 0.25) is 0 Å². The van der Waals surface area contributed by atoms with Gasteiger partial charge in [0.15, 0.2) is 0 Å². The first-order chi connectivity index (χ1) is 24.9. The summed E-state index contributed by atoms with van der Waals surface area (Å²) in [7, 11) is 4.35. The fourth-order valence-corrected chi connectivity index (χ4v) is 9.84. The third-order valence-electron chi connectivity index (χ3n) is 12.0. The van der Waals surface area contributed by atoms with Crippen molar-refractivity contribution in [1.82, 2.24) is 4.58 Å². The maximum absolute atomic E-state index is 12.2. The zero-order chi connectivity index (χ0) is 35.2. The maximum atomic E-state index is 12.2. The van der Waals surface area contributed by atoms with Gasteiger partial charge >= 0.3 is 5.97 Å². The highest BCUT2D eigenvalue weighted by Crippen LogP contribution is 2.49. The maximum Gasteiger partial charge on any atom is 0.305 e. The molecule has 0 fully saturated rings. The van der Waals surface area contributed by atoms with Gasteiger partial charge in [-0.25, -0.2) is 4.58 Å². The normalized spacial score (nSPS) is 16.8. The van der Waals surface area contributed by atoms with Crippen molar-refractivity contribution in [3.63, 3.8) is 0 Å². The van der Waals surface area contributed by atoms with E-state index in [0.717, 1.165) is 95.7 Å². The molecule has 5 aliphatic heterocycles. The Kier molecular flexibility index (Phi) is 9.49. The topological polar surface area (TPSA) is 48.3 Å². The first kappa shape index (κ1) is 34.1. The molecule has 0 radical (unpaired) electrons. The molecule has 5 heterocycles. The van der Waals surface area contributed by atoms with Crippen molar-refractivity contribution in [1.29, 1.82) is 0 Å². The number of carbonyl (C=O) groups excluding carboxylic acids is 1. The minimum Gasteiger partial charge on any atom is -0.466 e. The summed E-state index contributed by atoms with van der Waals surface area (Å²) in [5.74, 6) is 2.14. The number of hydrogen-bond donors (Lipinski definition) is 0. The van der Waals surface area contributed by atoms with Gasteiger partial charge in [0.05, 0.1) is 23.5 Å². The summed E-state index contributed by atoms with van der Waals surface area (Å²) in [5.41, 5.74) is 15.3. The third kappa shape index (κ3) is 5.98. The molecule has 0 amide bonds. The average molecular weight is 690 g/mol. The minimum absolute atomic E-state index is 0.106. The summed E-state index contributed by atoms with van der Waals surface area (Å²) in [6.07, 6.45) is 12.5. The number of anilines is 3. The lowest BCUT2D eigenvalue weighted by molar-refractivity contribution is -0.143. The number of esters is 1. The number of fused-ring (bicyclic) bond motifs is 4. The lowest BCUT2D eigenvalue weighted by atomic mass is 9.81. The Bertz CT molecular complexity index is 1990. The van der Waals surface area contributed by atoms with E-state index in [1.165, 1.54) is 97.8 Å². The fraction of sp³-hybridized carbons (Fsp3) is 0.545. The highest BCUT2D eigenvalue weighted by atomic mass is 16.5.